The van der Waals surface area contributed by atoms with Crippen LogP contribution in [0.25, 0.3) is 33.1 Å². The fraction of sp³-hybridized carbons (Fsp3) is 0.217. The average molecular weight is 375 g/mol. The third-order valence-corrected chi connectivity index (χ3v) is 5.06. The normalized spacial score (nSPS) is 11.2. The second-order valence-corrected chi connectivity index (χ2v) is 6.53. The van der Waals surface area contributed by atoms with Crippen molar-refractivity contribution in [3.8, 4) is 28.5 Å². The molecule has 4 aromatic rings. The Morgan fingerprint density at radius 2 is 1.61 bits per heavy atom. The quantitative estimate of drug-likeness (QED) is 0.488. The van der Waals surface area contributed by atoms with Crippen molar-refractivity contribution in [2.24, 2.45) is 0 Å². The minimum Gasteiger partial charge on any atom is -0.493 e. The van der Waals surface area contributed by atoms with E-state index in [9.17, 15) is 0 Å². The predicted molar refractivity (Wildman–Crippen MR) is 112 cm³/mol. The smallest absolute Gasteiger partial charge is 0.203 e. The van der Waals surface area contributed by atoms with Gasteiger partial charge in [0.25, 0.3) is 0 Å². The largest absolute Gasteiger partial charge is 0.493 e. The standard InChI is InChI=1S/C23H23N2O3/c1-6-25-18-10-8-7-9-16(18)17-11-14(2)24-21(22(17)25)15-12-19(26-3)23(28-5)20(13-15)27-4/h7-13H,2,6H2,1,3-5H3. The first kappa shape index (κ1) is 18.2. The molecule has 0 aliphatic heterocycles. The second kappa shape index (κ2) is 7.08. The molecule has 0 N–H and O–H groups in total. The summed E-state index contributed by atoms with van der Waals surface area (Å²) < 4.78 is 18.8. The molecule has 0 bridgehead atoms. The summed E-state index contributed by atoms with van der Waals surface area (Å²) in [5.41, 5.74) is 4.71. The Morgan fingerprint density at radius 1 is 0.929 bits per heavy atom. The molecule has 4 rings (SSSR count). The van der Waals surface area contributed by atoms with Crippen LogP contribution in [0.4, 0.5) is 0 Å². The molecular weight excluding hydrogens is 352 g/mol. The van der Waals surface area contributed by atoms with Gasteiger partial charge in [0.05, 0.1) is 32.5 Å². The van der Waals surface area contributed by atoms with Gasteiger partial charge in [0.2, 0.25) is 5.75 Å². The van der Waals surface area contributed by atoms with Gasteiger partial charge in [-0.2, -0.15) is 0 Å². The summed E-state index contributed by atoms with van der Waals surface area (Å²) in [6, 6.07) is 14.3. The number of aryl methyl sites for hydroxylation is 1. The zero-order valence-corrected chi connectivity index (χ0v) is 16.6. The van der Waals surface area contributed by atoms with Crippen LogP contribution in [0.15, 0.2) is 42.5 Å². The lowest BCUT2D eigenvalue weighted by Gasteiger charge is -2.15. The van der Waals surface area contributed by atoms with Gasteiger partial charge in [-0.1, -0.05) is 18.2 Å². The summed E-state index contributed by atoms with van der Waals surface area (Å²) in [7, 11) is 4.83. The van der Waals surface area contributed by atoms with Crippen LogP contribution in [0.5, 0.6) is 17.2 Å². The van der Waals surface area contributed by atoms with E-state index in [0.717, 1.165) is 34.4 Å². The van der Waals surface area contributed by atoms with E-state index in [2.05, 4.69) is 42.7 Å². The molecule has 143 valence electrons. The summed E-state index contributed by atoms with van der Waals surface area (Å²) in [6.45, 7) is 7.08. The Morgan fingerprint density at radius 3 is 2.21 bits per heavy atom. The Balaban J connectivity index is 2.13. The van der Waals surface area contributed by atoms with Crippen molar-refractivity contribution in [2.75, 3.05) is 21.3 Å². The zero-order valence-electron chi connectivity index (χ0n) is 16.6. The minimum absolute atomic E-state index is 0.562. The number of para-hydroxylation sites is 1. The van der Waals surface area contributed by atoms with Crippen molar-refractivity contribution in [2.45, 2.75) is 13.5 Å². The number of fused-ring (bicyclic) bond motifs is 3. The van der Waals surface area contributed by atoms with Crippen LogP contribution in [-0.4, -0.2) is 30.9 Å². The number of rotatable bonds is 5. The lowest BCUT2D eigenvalue weighted by atomic mass is 10.1. The highest BCUT2D eigenvalue weighted by Crippen LogP contribution is 2.43. The van der Waals surface area contributed by atoms with Gasteiger partial charge in [-0.25, -0.2) is 0 Å². The van der Waals surface area contributed by atoms with Crippen molar-refractivity contribution in [3.63, 3.8) is 0 Å². The fourth-order valence-electron chi connectivity index (χ4n) is 3.87. The van der Waals surface area contributed by atoms with Crippen LogP contribution in [0.2, 0.25) is 0 Å². The summed E-state index contributed by atoms with van der Waals surface area (Å²) in [5.74, 6) is 1.76. The monoisotopic (exact) mass is 375 g/mol. The Labute approximate surface area is 164 Å². The maximum atomic E-state index is 5.54. The van der Waals surface area contributed by atoms with Crippen molar-refractivity contribution >= 4 is 21.8 Å². The fourth-order valence-corrected chi connectivity index (χ4v) is 3.87. The Bertz CT molecular complexity index is 1150. The van der Waals surface area contributed by atoms with Crippen LogP contribution in [0, 0.1) is 6.92 Å². The zero-order chi connectivity index (χ0) is 19.8. The predicted octanol–water partition coefficient (Wildman–Crippen LogP) is 5.08. The number of hydrogen-bond donors (Lipinski definition) is 0. The van der Waals surface area contributed by atoms with Gasteiger partial charge in [0.15, 0.2) is 11.5 Å². The third kappa shape index (κ3) is 2.66. The first-order valence-corrected chi connectivity index (χ1v) is 9.17. The molecule has 0 atom stereocenters. The lowest BCUT2D eigenvalue weighted by Crippen LogP contribution is -2.00. The maximum absolute atomic E-state index is 5.54. The molecule has 0 saturated heterocycles. The Kier molecular flexibility index (Phi) is 4.59. The second-order valence-electron chi connectivity index (χ2n) is 6.53. The number of nitrogens with zero attached hydrogens (tertiary/aromatic N) is 2. The van der Waals surface area contributed by atoms with Crippen LogP contribution in [0.3, 0.4) is 0 Å². The van der Waals surface area contributed by atoms with E-state index in [4.69, 9.17) is 19.2 Å². The van der Waals surface area contributed by atoms with E-state index in [1.807, 2.05) is 18.2 Å². The van der Waals surface area contributed by atoms with Crippen LogP contribution >= 0.6 is 0 Å². The minimum atomic E-state index is 0.562. The van der Waals surface area contributed by atoms with E-state index in [1.165, 1.54) is 10.9 Å². The first-order chi connectivity index (χ1) is 13.6. The molecule has 0 amide bonds. The van der Waals surface area contributed by atoms with Gasteiger partial charge in [-0.05, 0) is 38.1 Å². The number of hydrogen-bond acceptors (Lipinski definition) is 4. The third-order valence-electron chi connectivity index (χ3n) is 5.06. The molecule has 0 fully saturated rings. The van der Waals surface area contributed by atoms with E-state index in [0.29, 0.717) is 17.2 Å². The summed E-state index contributed by atoms with van der Waals surface area (Å²) in [5, 5.41) is 2.33. The number of aromatic nitrogens is 2. The van der Waals surface area contributed by atoms with E-state index in [-0.39, 0.29) is 0 Å². The van der Waals surface area contributed by atoms with Gasteiger partial charge in [0.1, 0.15) is 0 Å². The van der Waals surface area contributed by atoms with Gasteiger partial charge in [-0.15, -0.1) is 0 Å². The molecule has 2 heterocycles. The van der Waals surface area contributed by atoms with Crippen molar-refractivity contribution < 1.29 is 14.2 Å². The van der Waals surface area contributed by atoms with Crippen LogP contribution in [-0.2, 0) is 6.54 Å². The number of benzene rings is 2. The molecule has 1 radical (unpaired) electrons. The topological polar surface area (TPSA) is 45.5 Å². The van der Waals surface area contributed by atoms with E-state index in [1.54, 1.807) is 21.3 Å². The molecule has 0 aliphatic rings. The molecule has 2 aromatic heterocycles. The lowest BCUT2D eigenvalue weighted by molar-refractivity contribution is 0.324. The van der Waals surface area contributed by atoms with Crippen molar-refractivity contribution in [1.82, 2.24) is 9.55 Å². The highest BCUT2D eigenvalue weighted by Gasteiger charge is 2.20. The van der Waals surface area contributed by atoms with Gasteiger partial charge in [0, 0.05) is 34.1 Å². The molecule has 5 heteroatoms. The molecule has 5 nitrogen and oxygen atoms in total. The number of methoxy groups -OCH3 is 3. The molecular formula is C23H23N2O3. The Hall–Kier alpha value is -3.21. The molecule has 2 aromatic carbocycles. The van der Waals surface area contributed by atoms with E-state index < -0.39 is 0 Å². The highest BCUT2D eigenvalue weighted by molar-refractivity contribution is 6.12. The molecule has 0 saturated carbocycles. The van der Waals surface area contributed by atoms with Gasteiger partial charge < -0.3 is 18.8 Å². The SMILES string of the molecule is [CH2]c1cc2c3ccccc3n(CC)c2c(-c2cc(OC)c(OC)c(OC)c2)n1. The van der Waals surface area contributed by atoms with Crippen LogP contribution in [0.1, 0.15) is 12.6 Å². The molecule has 0 unspecified atom stereocenters. The first-order valence-electron chi connectivity index (χ1n) is 9.17. The van der Waals surface area contributed by atoms with E-state index >= 15 is 0 Å². The maximum Gasteiger partial charge on any atom is 0.203 e. The summed E-state index contributed by atoms with van der Waals surface area (Å²) >= 11 is 0. The molecule has 0 spiro atoms. The van der Waals surface area contributed by atoms with Crippen molar-refractivity contribution in [3.05, 3.63) is 55.1 Å². The van der Waals surface area contributed by atoms with Crippen LogP contribution < -0.4 is 14.2 Å². The highest BCUT2D eigenvalue weighted by atomic mass is 16.5. The average Bonchev–Trinajstić information content (AvgIpc) is 3.05. The number of ether oxygens (including phenoxy) is 3. The summed E-state index contributed by atoms with van der Waals surface area (Å²) in [4.78, 5) is 4.80. The van der Waals surface area contributed by atoms with Gasteiger partial charge in [-0.3, -0.25) is 4.98 Å². The number of pyridine rings is 1. The van der Waals surface area contributed by atoms with Gasteiger partial charge >= 0.3 is 0 Å². The summed E-state index contributed by atoms with van der Waals surface area (Å²) in [6.07, 6.45) is 0. The molecule has 28 heavy (non-hydrogen) atoms. The van der Waals surface area contributed by atoms with Crippen molar-refractivity contribution in [1.29, 1.82) is 0 Å². The molecule has 0 aliphatic carbocycles.